The van der Waals surface area contributed by atoms with Gasteiger partial charge in [0.15, 0.2) is 5.78 Å². The first-order chi connectivity index (χ1) is 31.7. The van der Waals surface area contributed by atoms with Crippen LogP contribution >= 0.6 is 0 Å². The molecule has 0 fully saturated rings. The van der Waals surface area contributed by atoms with Crippen LogP contribution in [0.15, 0.2) is 200 Å². The Balaban J connectivity index is 1.01. The van der Waals surface area contributed by atoms with Crippen molar-refractivity contribution in [2.45, 2.75) is 38.5 Å². The summed E-state index contributed by atoms with van der Waals surface area (Å²) in [5.74, 6) is 0.0997. The van der Waals surface area contributed by atoms with Crippen molar-refractivity contribution in [2.75, 3.05) is 4.90 Å². The topological polar surface area (TPSA) is 30.2 Å². The summed E-state index contributed by atoms with van der Waals surface area (Å²) in [4.78, 5) is 16.2. The van der Waals surface area contributed by atoms with E-state index in [2.05, 4.69) is 218 Å². The molecule has 9 aromatic carbocycles. The van der Waals surface area contributed by atoms with Gasteiger partial charge < -0.3 is 14.0 Å². The molecule has 0 bridgehead atoms. The lowest BCUT2D eigenvalue weighted by Crippen LogP contribution is -2.31. The second-order valence-corrected chi connectivity index (χ2v) is 18.9. The summed E-state index contributed by atoms with van der Waals surface area (Å²) >= 11 is 0. The molecule has 4 nitrogen and oxygen atoms in total. The van der Waals surface area contributed by atoms with E-state index >= 15 is 0 Å². The molecule has 3 heterocycles. The predicted octanol–water partition coefficient (Wildman–Crippen LogP) is 15.5. The van der Waals surface area contributed by atoms with Crippen molar-refractivity contribution in [3.05, 3.63) is 234 Å². The zero-order chi connectivity index (χ0) is 43.8. The van der Waals surface area contributed by atoms with Gasteiger partial charge in [-0.2, -0.15) is 0 Å². The molecule has 13 rings (SSSR count). The smallest absolute Gasteiger partial charge is 0.193 e. The first-order valence-corrected chi connectivity index (χ1v) is 22.6. The molecule has 1 aliphatic heterocycles. The Morgan fingerprint density at radius 3 is 1.25 bits per heavy atom. The summed E-state index contributed by atoms with van der Waals surface area (Å²) in [6.07, 6.45) is 0. The van der Waals surface area contributed by atoms with Crippen molar-refractivity contribution in [1.29, 1.82) is 0 Å². The third kappa shape index (κ3) is 5.28. The van der Waals surface area contributed by atoms with Crippen molar-refractivity contribution in [3.8, 4) is 22.5 Å². The van der Waals surface area contributed by atoms with E-state index in [1.165, 1.54) is 54.7 Å². The van der Waals surface area contributed by atoms with Gasteiger partial charge in [0.2, 0.25) is 0 Å². The maximum Gasteiger partial charge on any atom is 0.193 e. The summed E-state index contributed by atoms with van der Waals surface area (Å²) in [7, 11) is 0. The molecule has 0 spiro atoms. The van der Waals surface area contributed by atoms with Gasteiger partial charge in [-0.25, -0.2) is 0 Å². The van der Waals surface area contributed by atoms with Crippen LogP contribution in [0.1, 0.15) is 65.9 Å². The van der Waals surface area contributed by atoms with Gasteiger partial charge in [-0.05, 0) is 100 Å². The lowest BCUT2D eigenvalue weighted by molar-refractivity contribution is 0.103. The first-order valence-electron chi connectivity index (χ1n) is 22.6. The Hall–Kier alpha value is -7.95. The van der Waals surface area contributed by atoms with Gasteiger partial charge in [0.05, 0.1) is 33.4 Å². The Labute approximate surface area is 378 Å². The molecule has 11 aromatic rings. The van der Waals surface area contributed by atoms with Gasteiger partial charge in [0.25, 0.3) is 0 Å². The molecule has 0 unspecified atom stereocenters. The number of rotatable bonds is 4. The van der Waals surface area contributed by atoms with Crippen molar-refractivity contribution >= 4 is 66.5 Å². The van der Waals surface area contributed by atoms with E-state index in [-0.39, 0.29) is 16.6 Å². The first kappa shape index (κ1) is 37.6. The van der Waals surface area contributed by atoms with Crippen LogP contribution in [-0.4, -0.2) is 14.9 Å². The lowest BCUT2D eigenvalue weighted by Gasteiger charge is -2.42. The summed E-state index contributed by atoms with van der Waals surface area (Å²) < 4.78 is 4.84. The number of benzene rings is 9. The highest BCUT2D eigenvalue weighted by molar-refractivity contribution is 6.14. The molecule has 310 valence electrons. The van der Waals surface area contributed by atoms with Crippen LogP contribution in [-0.2, 0) is 10.8 Å². The molecule has 0 N–H and O–H groups in total. The quantitative estimate of drug-likeness (QED) is 0.177. The fourth-order valence-corrected chi connectivity index (χ4v) is 11.5. The highest BCUT2D eigenvalue weighted by atomic mass is 16.1. The van der Waals surface area contributed by atoms with Crippen LogP contribution in [0, 0.1) is 0 Å². The molecule has 65 heavy (non-hydrogen) atoms. The molecule has 4 heteroatoms. The van der Waals surface area contributed by atoms with Crippen molar-refractivity contribution in [3.63, 3.8) is 0 Å². The van der Waals surface area contributed by atoms with Crippen LogP contribution in [0.5, 0.6) is 0 Å². The van der Waals surface area contributed by atoms with E-state index in [0.717, 1.165) is 61.8 Å². The predicted molar refractivity (Wildman–Crippen MR) is 269 cm³/mol. The minimum Gasteiger partial charge on any atom is -0.310 e. The second-order valence-electron chi connectivity index (χ2n) is 18.9. The van der Waals surface area contributed by atoms with Crippen LogP contribution in [0.2, 0.25) is 0 Å². The number of anilines is 3. The zero-order valence-corrected chi connectivity index (χ0v) is 36.8. The summed E-state index contributed by atoms with van der Waals surface area (Å²) in [6.45, 7) is 9.20. The highest BCUT2D eigenvalue weighted by Gasteiger charge is 2.39. The Morgan fingerprint density at radius 1 is 0.338 bits per heavy atom. The Morgan fingerprint density at radius 2 is 0.738 bits per heavy atom. The average Bonchev–Trinajstić information content (AvgIpc) is 3.86. The maximum absolute atomic E-state index is 13.8. The van der Waals surface area contributed by atoms with E-state index < -0.39 is 0 Å². The normalized spacial score (nSPS) is 14.7. The molecular weight excluding hydrogens is 791 g/mol. The van der Waals surface area contributed by atoms with Crippen molar-refractivity contribution in [2.24, 2.45) is 0 Å². The van der Waals surface area contributed by atoms with Crippen LogP contribution < -0.4 is 4.90 Å². The van der Waals surface area contributed by atoms with Crippen molar-refractivity contribution in [1.82, 2.24) is 9.13 Å². The van der Waals surface area contributed by atoms with Crippen molar-refractivity contribution < 1.29 is 4.79 Å². The largest absolute Gasteiger partial charge is 0.310 e. The number of hydrogen-bond donors (Lipinski definition) is 0. The minimum atomic E-state index is -0.314. The zero-order valence-electron chi connectivity index (χ0n) is 36.8. The SMILES string of the molecule is CC1(C)c2ccccc2C(=O)c2ccc(-c3ccc(N4c5cc(-n6c7ccccc7c7ccccc76)ccc5C(C)(C)c5ccc(-n6c7ccccc7c7ccccc76)cc54)cc3)cc21. The molecule has 1 aliphatic carbocycles. The third-order valence-electron chi connectivity index (χ3n) is 14.7. The van der Waals surface area contributed by atoms with Crippen LogP contribution in [0.3, 0.4) is 0 Å². The molecular formula is C61H45N3O. The number of aromatic nitrogens is 2. The fraction of sp³-hybridized carbons (Fsp3) is 0.0984. The van der Waals surface area contributed by atoms with Gasteiger partial charge >= 0.3 is 0 Å². The second kappa shape index (κ2) is 13.5. The highest BCUT2D eigenvalue weighted by Crippen LogP contribution is 2.54. The van der Waals surface area contributed by atoms with E-state index in [9.17, 15) is 4.79 Å². The summed E-state index contributed by atoms with van der Waals surface area (Å²) in [5.41, 5.74) is 18.2. The average molecular weight is 836 g/mol. The number of para-hydroxylation sites is 4. The Bertz CT molecular complexity index is 3530. The molecule has 0 radical (unpaired) electrons. The monoisotopic (exact) mass is 835 g/mol. The van der Waals surface area contributed by atoms with E-state index in [1.807, 2.05) is 24.3 Å². The van der Waals surface area contributed by atoms with Gasteiger partial charge in [-0.15, -0.1) is 0 Å². The van der Waals surface area contributed by atoms with Gasteiger partial charge in [0, 0.05) is 60.6 Å². The number of hydrogen-bond acceptors (Lipinski definition) is 2. The van der Waals surface area contributed by atoms with Crippen LogP contribution in [0.25, 0.3) is 66.1 Å². The number of nitrogens with zero attached hydrogens (tertiary/aromatic N) is 3. The van der Waals surface area contributed by atoms with Crippen LogP contribution in [0.4, 0.5) is 17.1 Å². The number of ketones is 1. The molecule has 0 atom stereocenters. The maximum atomic E-state index is 13.8. The fourth-order valence-electron chi connectivity index (χ4n) is 11.5. The molecule has 2 aromatic heterocycles. The van der Waals surface area contributed by atoms with Gasteiger partial charge in [-0.3, -0.25) is 4.79 Å². The molecule has 0 saturated carbocycles. The minimum absolute atomic E-state index is 0.0997. The van der Waals surface area contributed by atoms with E-state index in [4.69, 9.17) is 0 Å². The number of carbonyl (C=O) groups excluding carboxylic acids is 1. The summed E-state index contributed by atoms with van der Waals surface area (Å²) in [5, 5.41) is 4.98. The third-order valence-corrected chi connectivity index (χ3v) is 14.7. The molecule has 0 saturated heterocycles. The number of fused-ring (bicyclic) bond motifs is 10. The Kier molecular flexibility index (Phi) is 7.82. The lowest BCUT2D eigenvalue weighted by atomic mass is 9.68. The molecule has 0 amide bonds. The van der Waals surface area contributed by atoms with E-state index in [0.29, 0.717) is 0 Å². The van der Waals surface area contributed by atoms with Gasteiger partial charge in [-0.1, -0.05) is 161 Å². The standard InChI is InChI=1S/C61H45N3O/c1-60(2)49-20-10-5-19-47(49)59(65)48-32-27-39(35-52(48)60)38-25-28-40(29-26-38)62-57-36-41(63-53-21-11-6-15-43(53)44-16-7-12-22-54(44)63)30-33-50(57)61(3,4)51-34-31-42(37-58(51)62)64-55-23-13-8-17-45(55)46-18-9-14-24-56(46)64/h5-37H,1-4H3. The number of carbonyl (C=O) groups is 1. The van der Waals surface area contributed by atoms with E-state index in [1.54, 1.807) is 0 Å². The van der Waals surface area contributed by atoms with Gasteiger partial charge in [0.1, 0.15) is 0 Å². The summed E-state index contributed by atoms with van der Waals surface area (Å²) in [6, 6.07) is 72.6. The molecule has 2 aliphatic rings.